The molecule has 0 saturated heterocycles. The summed E-state index contributed by atoms with van der Waals surface area (Å²) in [5.41, 5.74) is 7.70. The van der Waals surface area contributed by atoms with E-state index in [1.54, 1.807) is 60.7 Å². The van der Waals surface area contributed by atoms with Gasteiger partial charge in [-0.15, -0.1) is 0 Å². The first-order valence-electron chi connectivity index (χ1n) is 11.7. The topological polar surface area (TPSA) is 130 Å². The summed E-state index contributed by atoms with van der Waals surface area (Å²) in [5, 5.41) is 19.1. The van der Waals surface area contributed by atoms with Crippen molar-refractivity contribution < 1.29 is 29.3 Å². The van der Waals surface area contributed by atoms with Gasteiger partial charge in [0.05, 0.1) is 6.54 Å². The van der Waals surface area contributed by atoms with Crippen LogP contribution in [0.15, 0.2) is 84.9 Å². The number of hydrogen-bond acceptors (Lipinski definition) is 7. The number of nitrogens with two attached hydrogens (primary N) is 1. The normalized spacial score (nSPS) is 11.9. The fourth-order valence-electron chi connectivity index (χ4n) is 4.03. The second-order valence-corrected chi connectivity index (χ2v) is 8.41. The summed E-state index contributed by atoms with van der Waals surface area (Å²) < 4.78 is 5.41. The molecule has 3 aromatic rings. The van der Waals surface area contributed by atoms with Gasteiger partial charge in [-0.2, -0.15) is 0 Å². The number of hydrogen-bond donors (Lipinski definition) is 3. The molecule has 0 fully saturated rings. The van der Waals surface area contributed by atoms with Gasteiger partial charge in [0.2, 0.25) is 0 Å². The predicted octanol–water partition coefficient (Wildman–Crippen LogP) is 3.29. The highest BCUT2D eigenvalue weighted by molar-refractivity contribution is 5.93. The maximum absolute atomic E-state index is 13.3. The Morgan fingerprint density at radius 3 is 1.89 bits per heavy atom. The molecule has 0 aliphatic rings. The zero-order valence-corrected chi connectivity index (χ0v) is 19.8. The Labute approximate surface area is 209 Å². The molecule has 8 nitrogen and oxygen atoms in total. The number of esters is 2. The minimum Gasteiger partial charge on any atom is -0.508 e. The van der Waals surface area contributed by atoms with Gasteiger partial charge in [-0.3, -0.25) is 14.5 Å². The molecular formula is C28H30N2O6. The lowest BCUT2D eigenvalue weighted by atomic mass is 9.91. The number of nitrogens with zero attached hydrogens (tertiary/aromatic N) is 1. The van der Waals surface area contributed by atoms with Gasteiger partial charge < -0.3 is 20.7 Å². The fraction of sp³-hybridized carbons (Fsp3) is 0.250. The van der Waals surface area contributed by atoms with Crippen molar-refractivity contribution >= 4 is 17.9 Å². The van der Waals surface area contributed by atoms with Crippen LogP contribution in [0.5, 0.6) is 5.75 Å². The number of phenolic OH excluding ortho intramolecular Hbond substituents is 1. The molecule has 8 heteroatoms. The molecule has 0 spiro atoms. The molecular weight excluding hydrogens is 460 g/mol. The van der Waals surface area contributed by atoms with E-state index in [4.69, 9.17) is 10.5 Å². The number of aliphatic carboxylic acids is 1. The number of phenols is 1. The van der Waals surface area contributed by atoms with Crippen LogP contribution in [0.4, 0.5) is 0 Å². The highest BCUT2D eigenvalue weighted by Crippen LogP contribution is 2.27. The van der Waals surface area contributed by atoms with E-state index < -0.39 is 36.4 Å². The summed E-state index contributed by atoms with van der Waals surface area (Å²) in [4.78, 5) is 39.8. The Hall–Kier alpha value is -4.01. The molecule has 3 aromatic carbocycles. The monoisotopic (exact) mass is 490 g/mol. The number of carboxylic acid groups (broad SMARTS) is 1. The van der Waals surface area contributed by atoms with Crippen molar-refractivity contribution in [1.82, 2.24) is 4.90 Å². The molecule has 0 aliphatic heterocycles. The van der Waals surface area contributed by atoms with Crippen molar-refractivity contribution in [2.24, 2.45) is 5.73 Å². The Balaban J connectivity index is 1.87. The van der Waals surface area contributed by atoms with Crippen LogP contribution < -0.4 is 5.73 Å². The summed E-state index contributed by atoms with van der Waals surface area (Å²) in [6, 6.07) is 23.3. The Kier molecular flexibility index (Phi) is 9.73. The molecule has 0 unspecified atom stereocenters. The fourth-order valence-corrected chi connectivity index (χ4v) is 4.03. The molecule has 36 heavy (non-hydrogen) atoms. The molecule has 0 heterocycles. The second-order valence-electron chi connectivity index (χ2n) is 8.41. The van der Waals surface area contributed by atoms with Gasteiger partial charge in [0.25, 0.3) is 0 Å². The zero-order chi connectivity index (χ0) is 25.9. The molecule has 0 bridgehead atoms. The van der Waals surface area contributed by atoms with E-state index in [2.05, 4.69) is 0 Å². The smallest absolute Gasteiger partial charge is 0.331 e. The molecule has 188 valence electrons. The van der Waals surface area contributed by atoms with E-state index >= 15 is 0 Å². The highest BCUT2D eigenvalue weighted by Gasteiger charge is 2.33. The van der Waals surface area contributed by atoms with Crippen molar-refractivity contribution in [3.8, 4) is 5.75 Å². The van der Waals surface area contributed by atoms with Gasteiger partial charge in [-0.25, -0.2) is 4.79 Å². The summed E-state index contributed by atoms with van der Waals surface area (Å²) in [5.74, 6) is -3.45. The van der Waals surface area contributed by atoms with E-state index in [0.717, 1.165) is 0 Å². The van der Waals surface area contributed by atoms with Crippen LogP contribution in [0.25, 0.3) is 0 Å². The van der Waals surface area contributed by atoms with Gasteiger partial charge in [0, 0.05) is 6.54 Å². The summed E-state index contributed by atoms with van der Waals surface area (Å²) in [6.45, 7) is -0.0549. The van der Waals surface area contributed by atoms with Crippen LogP contribution in [0.1, 0.15) is 35.4 Å². The van der Waals surface area contributed by atoms with E-state index in [1.165, 1.54) is 17.0 Å². The van der Waals surface area contributed by atoms with Crippen LogP contribution in [0.3, 0.4) is 0 Å². The van der Waals surface area contributed by atoms with Gasteiger partial charge in [-0.05, 0) is 48.2 Å². The Morgan fingerprint density at radius 1 is 0.833 bits per heavy atom. The average molecular weight is 491 g/mol. The van der Waals surface area contributed by atoms with Crippen molar-refractivity contribution in [3.63, 3.8) is 0 Å². The molecule has 3 rings (SSSR count). The van der Waals surface area contributed by atoms with Gasteiger partial charge in [0.1, 0.15) is 17.7 Å². The highest BCUT2D eigenvalue weighted by atomic mass is 16.6. The number of ether oxygens (including phenoxy) is 1. The van der Waals surface area contributed by atoms with Crippen molar-refractivity contribution in [1.29, 1.82) is 0 Å². The van der Waals surface area contributed by atoms with E-state index in [-0.39, 0.29) is 25.3 Å². The van der Waals surface area contributed by atoms with Crippen LogP contribution in [0.2, 0.25) is 0 Å². The van der Waals surface area contributed by atoms with Crippen molar-refractivity contribution in [2.45, 2.75) is 31.3 Å². The van der Waals surface area contributed by atoms with E-state index in [1.807, 2.05) is 12.1 Å². The van der Waals surface area contributed by atoms with Crippen LogP contribution in [0, 0.1) is 0 Å². The van der Waals surface area contributed by atoms with Crippen LogP contribution in [-0.2, 0) is 25.7 Å². The number of carbonyl (C=O) groups is 3. The lowest BCUT2D eigenvalue weighted by Crippen LogP contribution is -2.45. The molecule has 4 N–H and O–H groups in total. The average Bonchev–Trinajstić information content (AvgIpc) is 2.86. The first kappa shape index (κ1) is 26.6. The molecule has 0 amide bonds. The number of rotatable bonds is 12. The summed E-state index contributed by atoms with van der Waals surface area (Å²) >= 11 is 0. The lowest BCUT2D eigenvalue weighted by Gasteiger charge is -2.29. The van der Waals surface area contributed by atoms with Crippen molar-refractivity contribution in [3.05, 3.63) is 102 Å². The number of carboxylic acids is 1. The minimum absolute atomic E-state index is 0.0705. The Morgan fingerprint density at radius 2 is 1.39 bits per heavy atom. The Bertz CT molecular complexity index is 1100. The first-order chi connectivity index (χ1) is 17.4. The summed E-state index contributed by atoms with van der Waals surface area (Å²) in [6.07, 6.45) is 0.649. The van der Waals surface area contributed by atoms with Gasteiger partial charge >= 0.3 is 17.9 Å². The quantitative estimate of drug-likeness (QED) is 0.260. The summed E-state index contributed by atoms with van der Waals surface area (Å²) in [7, 11) is 0. The molecule has 0 aliphatic carbocycles. The number of benzene rings is 3. The van der Waals surface area contributed by atoms with Crippen LogP contribution >= 0.6 is 0 Å². The van der Waals surface area contributed by atoms with Gasteiger partial charge in [-0.1, -0.05) is 72.8 Å². The third-order valence-corrected chi connectivity index (χ3v) is 5.76. The van der Waals surface area contributed by atoms with E-state index in [9.17, 15) is 24.6 Å². The predicted molar refractivity (Wildman–Crippen MR) is 134 cm³/mol. The third-order valence-electron chi connectivity index (χ3n) is 5.76. The largest absolute Gasteiger partial charge is 0.508 e. The maximum Gasteiger partial charge on any atom is 0.331 e. The molecule has 0 radical (unpaired) electrons. The van der Waals surface area contributed by atoms with Crippen LogP contribution in [-0.4, -0.2) is 52.2 Å². The number of aromatic hydroxyl groups is 1. The third kappa shape index (κ3) is 7.49. The van der Waals surface area contributed by atoms with Crippen molar-refractivity contribution in [2.75, 3.05) is 13.1 Å². The SMILES string of the molecule is NCCC[C@@H](C(=O)OC(=O)C(c1ccccc1)c1ccccc1)N(CC(=O)O)Cc1ccc(O)cc1. The minimum atomic E-state index is -1.13. The molecule has 0 saturated carbocycles. The molecule has 1 atom stereocenters. The second kappa shape index (κ2) is 13.2. The maximum atomic E-state index is 13.3. The van der Waals surface area contributed by atoms with Gasteiger partial charge in [0.15, 0.2) is 0 Å². The van der Waals surface area contributed by atoms with E-state index in [0.29, 0.717) is 23.1 Å². The lowest BCUT2D eigenvalue weighted by molar-refractivity contribution is -0.164. The standard InChI is InChI=1S/C28H30N2O6/c29-17-7-12-24(30(19-25(32)33)18-20-13-15-23(31)16-14-20)27(34)36-28(35)26(21-8-3-1-4-9-21)22-10-5-2-6-11-22/h1-6,8-11,13-16,24,26,31H,7,12,17-19,29H2,(H,32,33)/t24-/m0/s1. The zero-order valence-electron chi connectivity index (χ0n) is 19.8. The first-order valence-corrected chi connectivity index (χ1v) is 11.7. The number of carbonyl (C=O) groups excluding carboxylic acids is 2. The molecule has 0 aromatic heterocycles.